The predicted octanol–water partition coefficient (Wildman–Crippen LogP) is 5.04. The quantitative estimate of drug-likeness (QED) is 0.389. The van der Waals surface area contributed by atoms with Crippen molar-refractivity contribution in [2.24, 2.45) is 16.7 Å². The van der Waals surface area contributed by atoms with Crippen molar-refractivity contribution in [2.75, 3.05) is 0 Å². The molecule has 2 aliphatic carbocycles. The summed E-state index contributed by atoms with van der Waals surface area (Å²) in [5.74, 6) is 6.52. The highest BCUT2D eigenvalue weighted by Crippen LogP contribution is 2.58. The lowest BCUT2D eigenvalue weighted by Crippen LogP contribution is -2.33. The number of hydrogen-bond acceptors (Lipinski definition) is 2. The fraction of sp³-hybridized carbons (Fsp3) is 0.636. The second-order valence-electron chi connectivity index (χ2n) is 7.58. The van der Waals surface area contributed by atoms with Crippen LogP contribution in [0.15, 0.2) is 24.3 Å². The van der Waals surface area contributed by atoms with E-state index in [4.69, 9.17) is 0 Å². The molecule has 1 fully saturated rings. The van der Waals surface area contributed by atoms with Gasteiger partial charge in [0, 0.05) is 17.3 Å². The molecular formula is C22H30O2. The van der Waals surface area contributed by atoms with Gasteiger partial charge in [0.25, 0.3) is 0 Å². The van der Waals surface area contributed by atoms with Crippen molar-refractivity contribution in [1.29, 1.82) is 0 Å². The lowest BCUT2D eigenvalue weighted by Gasteiger charge is -2.31. The molecule has 0 amide bonds. The molecule has 0 aromatic heterocycles. The van der Waals surface area contributed by atoms with Crippen LogP contribution in [0.3, 0.4) is 0 Å². The molecule has 0 aromatic carbocycles. The number of carbonyl (C=O) groups excluding carboxylic acids is 2. The van der Waals surface area contributed by atoms with Crippen LogP contribution in [0.1, 0.15) is 72.1 Å². The Balaban J connectivity index is 2.25. The topological polar surface area (TPSA) is 34.1 Å². The Hall–Kier alpha value is -1.62. The second kappa shape index (κ2) is 7.97. The van der Waals surface area contributed by atoms with Gasteiger partial charge in [0.2, 0.25) is 5.78 Å². The third-order valence-corrected chi connectivity index (χ3v) is 5.72. The number of carbonyl (C=O) groups is 2. The summed E-state index contributed by atoms with van der Waals surface area (Å²) in [4.78, 5) is 24.5. The lowest BCUT2D eigenvalue weighted by molar-refractivity contribution is -0.125. The Morgan fingerprint density at radius 2 is 1.88 bits per heavy atom. The van der Waals surface area contributed by atoms with Crippen LogP contribution in [-0.2, 0) is 9.59 Å². The molecule has 0 aromatic rings. The maximum atomic E-state index is 13.0. The van der Waals surface area contributed by atoms with Crippen molar-refractivity contribution in [3.05, 3.63) is 24.3 Å². The maximum Gasteiger partial charge on any atom is 0.211 e. The van der Waals surface area contributed by atoms with E-state index in [1.54, 1.807) is 12.2 Å². The molecule has 2 aliphatic rings. The average molecular weight is 326 g/mol. The van der Waals surface area contributed by atoms with Gasteiger partial charge in [-0.3, -0.25) is 9.59 Å². The molecular weight excluding hydrogens is 296 g/mol. The summed E-state index contributed by atoms with van der Waals surface area (Å²) < 4.78 is 0. The minimum absolute atomic E-state index is 0.0463. The van der Waals surface area contributed by atoms with Gasteiger partial charge in [0.05, 0.1) is 0 Å². The Labute approximate surface area is 146 Å². The zero-order chi connectivity index (χ0) is 17.6. The SMILES string of the molecule is CCCCC#CC(=O)[C@]1(CCCC)CC2(C=CC(=O)C=C2)C[C@@H]1C. The third-order valence-electron chi connectivity index (χ3n) is 5.72. The summed E-state index contributed by atoms with van der Waals surface area (Å²) in [5.41, 5.74) is -0.494. The summed E-state index contributed by atoms with van der Waals surface area (Å²) in [6.07, 6.45) is 15.1. The van der Waals surface area contributed by atoms with Crippen molar-refractivity contribution in [2.45, 2.75) is 72.1 Å². The molecule has 0 saturated heterocycles. The minimum Gasteiger partial charge on any atom is -0.290 e. The highest BCUT2D eigenvalue weighted by molar-refractivity contribution is 6.02. The van der Waals surface area contributed by atoms with Crippen LogP contribution in [0.5, 0.6) is 0 Å². The van der Waals surface area contributed by atoms with Crippen LogP contribution in [0, 0.1) is 28.6 Å². The third kappa shape index (κ3) is 3.89. The second-order valence-corrected chi connectivity index (χ2v) is 7.58. The first kappa shape index (κ1) is 18.7. The van der Waals surface area contributed by atoms with Crippen LogP contribution in [0.4, 0.5) is 0 Å². The Kier molecular flexibility index (Phi) is 6.21. The highest BCUT2D eigenvalue weighted by Gasteiger charge is 2.54. The highest BCUT2D eigenvalue weighted by atomic mass is 16.1. The van der Waals surface area contributed by atoms with Crippen molar-refractivity contribution < 1.29 is 9.59 Å². The minimum atomic E-state index is -0.357. The Morgan fingerprint density at radius 3 is 2.50 bits per heavy atom. The van der Waals surface area contributed by atoms with E-state index in [1.165, 1.54) is 0 Å². The maximum absolute atomic E-state index is 13.0. The van der Waals surface area contributed by atoms with Gasteiger partial charge in [-0.2, -0.15) is 0 Å². The number of rotatable bonds is 6. The zero-order valence-corrected chi connectivity index (χ0v) is 15.4. The van der Waals surface area contributed by atoms with Gasteiger partial charge < -0.3 is 0 Å². The van der Waals surface area contributed by atoms with E-state index in [0.717, 1.165) is 51.4 Å². The van der Waals surface area contributed by atoms with Gasteiger partial charge in [-0.1, -0.05) is 58.1 Å². The largest absolute Gasteiger partial charge is 0.290 e. The summed E-state index contributed by atoms with van der Waals surface area (Å²) in [6, 6.07) is 0. The van der Waals surface area contributed by atoms with Crippen molar-refractivity contribution >= 4 is 11.6 Å². The molecule has 0 aliphatic heterocycles. The molecule has 0 heterocycles. The number of ketones is 2. The molecule has 1 spiro atoms. The summed E-state index contributed by atoms with van der Waals surface area (Å²) >= 11 is 0. The van der Waals surface area contributed by atoms with Gasteiger partial charge in [0.15, 0.2) is 5.78 Å². The van der Waals surface area contributed by atoms with Crippen LogP contribution in [-0.4, -0.2) is 11.6 Å². The first-order valence-electron chi connectivity index (χ1n) is 9.44. The molecule has 0 radical (unpaired) electrons. The fourth-order valence-electron chi connectivity index (χ4n) is 4.24. The van der Waals surface area contributed by atoms with Crippen LogP contribution in [0.2, 0.25) is 0 Å². The molecule has 2 rings (SSSR count). The monoisotopic (exact) mass is 326 g/mol. The van der Waals surface area contributed by atoms with E-state index in [1.807, 2.05) is 12.2 Å². The van der Waals surface area contributed by atoms with Crippen molar-refractivity contribution in [1.82, 2.24) is 0 Å². The normalized spacial score (nSPS) is 27.3. The van der Waals surface area contributed by atoms with Gasteiger partial charge in [0.1, 0.15) is 0 Å². The smallest absolute Gasteiger partial charge is 0.211 e. The standard InChI is InChI=1S/C22H30O2/c1-4-6-8-9-10-20(24)22(13-7-5-2)17-21(16-18(22)3)14-11-19(23)12-15-21/h11-12,14-15,18H,4-8,13,16-17H2,1-3H3/t18-,22+/m0/s1. The molecule has 2 heteroatoms. The Morgan fingerprint density at radius 1 is 1.21 bits per heavy atom. The van der Waals surface area contributed by atoms with Crippen LogP contribution >= 0.6 is 0 Å². The molecule has 2 nitrogen and oxygen atoms in total. The van der Waals surface area contributed by atoms with E-state index in [-0.39, 0.29) is 22.4 Å². The molecule has 0 N–H and O–H groups in total. The molecule has 24 heavy (non-hydrogen) atoms. The predicted molar refractivity (Wildman–Crippen MR) is 98.4 cm³/mol. The molecule has 0 unspecified atom stereocenters. The zero-order valence-electron chi connectivity index (χ0n) is 15.4. The van der Waals surface area contributed by atoms with E-state index in [0.29, 0.717) is 5.92 Å². The molecule has 1 saturated carbocycles. The number of Topliss-reactive ketones (excluding diaryl/α,β-unsaturated/α-hetero) is 1. The van der Waals surface area contributed by atoms with E-state index < -0.39 is 0 Å². The lowest BCUT2D eigenvalue weighted by atomic mass is 9.70. The van der Waals surface area contributed by atoms with Gasteiger partial charge in [-0.25, -0.2) is 0 Å². The van der Waals surface area contributed by atoms with Crippen molar-refractivity contribution in [3.63, 3.8) is 0 Å². The Bertz CT molecular complexity index is 583. The van der Waals surface area contributed by atoms with Crippen LogP contribution < -0.4 is 0 Å². The molecule has 0 bridgehead atoms. The molecule has 130 valence electrons. The van der Waals surface area contributed by atoms with Crippen LogP contribution in [0.25, 0.3) is 0 Å². The van der Waals surface area contributed by atoms with E-state index in [2.05, 4.69) is 32.6 Å². The average Bonchev–Trinajstić information content (AvgIpc) is 2.85. The number of allylic oxidation sites excluding steroid dienone is 4. The van der Waals surface area contributed by atoms with Gasteiger partial charge in [-0.15, -0.1) is 0 Å². The fourth-order valence-corrected chi connectivity index (χ4v) is 4.24. The summed E-state index contributed by atoms with van der Waals surface area (Å²) in [6.45, 7) is 6.49. The number of unbranched alkanes of at least 4 members (excludes halogenated alkanes) is 3. The van der Waals surface area contributed by atoms with Gasteiger partial charge in [-0.05, 0) is 49.7 Å². The molecule has 2 atom stereocenters. The first-order chi connectivity index (χ1) is 11.5. The summed E-state index contributed by atoms with van der Waals surface area (Å²) in [5, 5.41) is 0. The first-order valence-corrected chi connectivity index (χ1v) is 9.44. The summed E-state index contributed by atoms with van der Waals surface area (Å²) in [7, 11) is 0. The number of hydrogen-bond donors (Lipinski definition) is 0. The van der Waals surface area contributed by atoms with E-state index >= 15 is 0 Å². The van der Waals surface area contributed by atoms with E-state index in [9.17, 15) is 9.59 Å². The van der Waals surface area contributed by atoms with Gasteiger partial charge >= 0.3 is 0 Å². The van der Waals surface area contributed by atoms with Crippen molar-refractivity contribution in [3.8, 4) is 11.8 Å².